The van der Waals surface area contributed by atoms with Gasteiger partial charge in [-0.15, -0.1) is 0 Å². The van der Waals surface area contributed by atoms with Crippen LogP contribution < -0.4 is 4.74 Å². The lowest BCUT2D eigenvalue weighted by molar-refractivity contribution is 0.261. The van der Waals surface area contributed by atoms with Crippen molar-refractivity contribution in [3.8, 4) is 5.75 Å². The Morgan fingerprint density at radius 2 is 1.80 bits per heavy atom. The van der Waals surface area contributed by atoms with Gasteiger partial charge in [-0.3, -0.25) is 0 Å². The van der Waals surface area contributed by atoms with E-state index in [4.69, 9.17) is 4.74 Å². The van der Waals surface area contributed by atoms with E-state index in [2.05, 4.69) is 54.6 Å². The first-order valence-electron chi connectivity index (χ1n) is 8.91. The van der Waals surface area contributed by atoms with Crippen LogP contribution in [0.25, 0.3) is 11.0 Å². The Morgan fingerprint density at radius 3 is 2.48 bits per heavy atom. The first-order valence-corrected chi connectivity index (χ1v) is 8.91. The second kappa shape index (κ2) is 7.70. The molecule has 1 heterocycles. The van der Waals surface area contributed by atoms with Crippen LogP contribution >= 0.6 is 0 Å². The van der Waals surface area contributed by atoms with Gasteiger partial charge in [0.2, 0.25) is 0 Å². The third kappa shape index (κ3) is 3.85. The summed E-state index contributed by atoms with van der Waals surface area (Å²) in [7, 11) is 0. The van der Waals surface area contributed by atoms with Crippen molar-refractivity contribution in [2.45, 2.75) is 46.8 Å². The summed E-state index contributed by atoms with van der Waals surface area (Å²) in [6, 6.07) is 12.5. The minimum absolute atomic E-state index is 0.0495. The first kappa shape index (κ1) is 17.5. The largest absolute Gasteiger partial charge is 0.494 e. The molecule has 4 nitrogen and oxygen atoms in total. The molecule has 0 radical (unpaired) electrons. The van der Waals surface area contributed by atoms with Gasteiger partial charge in [0.05, 0.1) is 17.6 Å². The number of hydrogen-bond donors (Lipinski definition) is 1. The number of imidazole rings is 1. The number of hydrogen-bond acceptors (Lipinski definition) is 3. The van der Waals surface area contributed by atoms with Crippen molar-refractivity contribution < 1.29 is 9.84 Å². The summed E-state index contributed by atoms with van der Waals surface area (Å²) in [5.74, 6) is 1.62. The van der Waals surface area contributed by atoms with Crippen molar-refractivity contribution in [2.75, 3.05) is 6.61 Å². The van der Waals surface area contributed by atoms with E-state index in [-0.39, 0.29) is 6.61 Å². The standard InChI is InChI=1S/C21H26N2O2/c1-4-17-6-8-18(9-7-17)25-11-5-10-23-20-13-16(3)15(2)12-19(20)22-21(23)14-24/h6-9,12-13,24H,4-5,10-11,14H2,1-3H3. The summed E-state index contributed by atoms with van der Waals surface area (Å²) in [5.41, 5.74) is 5.81. The molecule has 0 aliphatic heterocycles. The molecule has 0 saturated heterocycles. The summed E-state index contributed by atoms with van der Waals surface area (Å²) >= 11 is 0. The van der Waals surface area contributed by atoms with E-state index < -0.39 is 0 Å². The van der Waals surface area contributed by atoms with E-state index in [1.807, 2.05) is 12.1 Å². The van der Waals surface area contributed by atoms with Gasteiger partial charge in [-0.1, -0.05) is 19.1 Å². The number of benzene rings is 2. The van der Waals surface area contributed by atoms with E-state index in [1.165, 1.54) is 16.7 Å². The fourth-order valence-corrected chi connectivity index (χ4v) is 3.03. The van der Waals surface area contributed by atoms with Gasteiger partial charge in [0, 0.05) is 6.54 Å². The molecule has 1 aromatic heterocycles. The Balaban J connectivity index is 1.66. The van der Waals surface area contributed by atoms with Crippen molar-refractivity contribution in [1.82, 2.24) is 9.55 Å². The molecular weight excluding hydrogens is 312 g/mol. The van der Waals surface area contributed by atoms with Crippen LogP contribution in [0.2, 0.25) is 0 Å². The van der Waals surface area contributed by atoms with Crippen LogP contribution in [0.1, 0.15) is 35.9 Å². The second-order valence-corrected chi connectivity index (χ2v) is 6.46. The van der Waals surface area contributed by atoms with Gasteiger partial charge in [0.1, 0.15) is 18.2 Å². The number of aliphatic hydroxyl groups is 1. The van der Waals surface area contributed by atoms with Crippen LogP contribution in [0.5, 0.6) is 5.75 Å². The summed E-state index contributed by atoms with van der Waals surface area (Å²) in [6.07, 6.45) is 1.90. The number of ether oxygens (including phenoxy) is 1. The van der Waals surface area contributed by atoms with E-state index in [0.717, 1.165) is 36.2 Å². The van der Waals surface area contributed by atoms with E-state index in [9.17, 15) is 5.11 Å². The highest BCUT2D eigenvalue weighted by Gasteiger charge is 2.11. The predicted octanol–water partition coefficient (Wildman–Crippen LogP) is 4.18. The third-order valence-corrected chi connectivity index (χ3v) is 4.71. The van der Waals surface area contributed by atoms with Crippen molar-refractivity contribution >= 4 is 11.0 Å². The average molecular weight is 338 g/mol. The Bertz CT molecular complexity index is 850. The minimum atomic E-state index is -0.0495. The van der Waals surface area contributed by atoms with Crippen molar-refractivity contribution in [1.29, 1.82) is 0 Å². The van der Waals surface area contributed by atoms with Crippen molar-refractivity contribution in [2.24, 2.45) is 0 Å². The van der Waals surface area contributed by atoms with Crippen LogP contribution in [0.3, 0.4) is 0 Å². The minimum Gasteiger partial charge on any atom is -0.494 e. The molecule has 0 amide bonds. The molecule has 0 atom stereocenters. The molecule has 0 bridgehead atoms. The average Bonchev–Trinajstić information content (AvgIpc) is 2.96. The van der Waals surface area contributed by atoms with E-state index >= 15 is 0 Å². The first-order chi connectivity index (χ1) is 12.1. The van der Waals surface area contributed by atoms with Crippen LogP contribution in [0, 0.1) is 13.8 Å². The van der Waals surface area contributed by atoms with Gasteiger partial charge in [0.15, 0.2) is 0 Å². The Labute approximate surface area is 149 Å². The topological polar surface area (TPSA) is 47.3 Å². The fourth-order valence-electron chi connectivity index (χ4n) is 3.03. The molecule has 0 spiro atoms. The number of aromatic nitrogens is 2. The third-order valence-electron chi connectivity index (χ3n) is 4.71. The lowest BCUT2D eigenvalue weighted by Crippen LogP contribution is -2.08. The van der Waals surface area contributed by atoms with Gasteiger partial charge in [-0.05, 0) is 67.6 Å². The van der Waals surface area contributed by atoms with Gasteiger partial charge in [-0.25, -0.2) is 4.98 Å². The fraction of sp³-hybridized carbons (Fsp3) is 0.381. The maximum Gasteiger partial charge on any atom is 0.135 e. The molecule has 0 aliphatic carbocycles. The Hall–Kier alpha value is -2.33. The van der Waals surface area contributed by atoms with Gasteiger partial charge >= 0.3 is 0 Å². The molecule has 3 aromatic rings. The highest BCUT2D eigenvalue weighted by Crippen LogP contribution is 2.21. The molecule has 3 rings (SSSR count). The van der Waals surface area contributed by atoms with E-state index in [1.54, 1.807) is 0 Å². The lowest BCUT2D eigenvalue weighted by atomic mass is 10.1. The Kier molecular flexibility index (Phi) is 5.39. The zero-order valence-corrected chi connectivity index (χ0v) is 15.2. The van der Waals surface area contributed by atoms with Crippen molar-refractivity contribution in [3.05, 3.63) is 58.9 Å². The normalized spacial score (nSPS) is 11.2. The molecule has 0 unspecified atom stereocenters. The predicted molar refractivity (Wildman–Crippen MR) is 101 cm³/mol. The van der Waals surface area contributed by atoms with E-state index in [0.29, 0.717) is 12.4 Å². The number of rotatable bonds is 7. The Morgan fingerprint density at radius 1 is 1.08 bits per heavy atom. The highest BCUT2D eigenvalue weighted by molar-refractivity contribution is 5.78. The molecule has 1 N–H and O–H groups in total. The molecule has 25 heavy (non-hydrogen) atoms. The maximum absolute atomic E-state index is 9.63. The summed E-state index contributed by atoms with van der Waals surface area (Å²) < 4.78 is 7.94. The molecule has 4 heteroatoms. The second-order valence-electron chi connectivity index (χ2n) is 6.46. The summed E-state index contributed by atoms with van der Waals surface area (Å²) in [5, 5.41) is 9.63. The van der Waals surface area contributed by atoms with Gasteiger partial charge in [-0.2, -0.15) is 0 Å². The quantitative estimate of drug-likeness (QED) is 0.658. The SMILES string of the molecule is CCc1ccc(OCCCn2c(CO)nc3cc(C)c(C)cc32)cc1. The van der Waals surface area contributed by atoms with Crippen LogP contribution in [0.15, 0.2) is 36.4 Å². The number of fused-ring (bicyclic) bond motifs is 1. The van der Waals surface area contributed by atoms with Crippen molar-refractivity contribution in [3.63, 3.8) is 0 Å². The molecule has 0 aliphatic rings. The number of nitrogens with zero attached hydrogens (tertiary/aromatic N) is 2. The number of aryl methyl sites for hydroxylation is 4. The van der Waals surface area contributed by atoms with Crippen LogP contribution in [0.4, 0.5) is 0 Å². The molecule has 132 valence electrons. The smallest absolute Gasteiger partial charge is 0.135 e. The zero-order valence-electron chi connectivity index (χ0n) is 15.2. The highest BCUT2D eigenvalue weighted by atomic mass is 16.5. The summed E-state index contributed by atoms with van der Waals surface area (Å²) in [4.78, 5) is 4.56. The molecule has 0 saturated carbocycles. The zero-order chi connectivity index (χ0) is 17.8. The molecule has 2 aromatic carbocycles. The number of aliphatic hydroxyl groups excluding tert-OH is 1. The monoisotopic (exact) mass is 338 g/mol. The lowest BCUT2D eigenvalue weighted by Gasteiger charge is -2.10. The molecule has 0 fully saturated rings. The van der Waals surface area contributed by atoms with Crippen LogP contribution in [-0.4, -0.2) is 21.3 Å². The maximum atomic E-state index is 9.63. The van der Waals surface area contributed by atoms with Gasteiger partial charge < -0.3 is 14.4 Å². The molecular formula is C21H26N2O2. The van der Waals surface area contributed by atoms with Gasteiger partial charge in [0.25, 0.3) is 0 Å². The van der Waals surface area contributed by atoms with Crippen LogP contribution in [-0.2, 0) is 19.6 Å². The summed E-state index contributed by atoms with van der Waals surface area (Å²) in [6.45, 7) is 7.71.